The largest absolute Gasteiger partial charge is 0.456 e. The molecule has 0 aliphatic rings. The van der Waals surface area contributed by atoms with E-state index in [0.29, 0.717) is 16.4 Å². The standard InChI is InChI=1S/C13H12ClFO/c1-3-10-11-5-4-9(14)7-13(11)16-12(10)6-8(2)15/h4-7H,3H2,1-2H3/b8-6+. The summed E-state index contributed by atoms with van der Waals surface area (Å²) in [6, 6.07) is 5.47. The third-order valence-corrected chi connectivity index (χ3v) is 2.70. The van der Waals surface area contributed by atoms with Crippen LogP contribution in [-0.4, -0.2) is 0 Å². The molecule has 0 bridgehead atoms. The Morgan fingerprint density at radius 2 is 2.25 bits per heavy atom. The molecule has 1 nitrogen and oxygen atoms in total. The Labute approximate surface area is 98.5 Å². The third-order valence-electron chi connectivity index (χ3n) is 2.47. The summed E-state index contributed by atoms with van der Waals surface area (Å²) in [5, 5.41) is 1.62. The molecule has 0 aliphatic carbocycles. The quantitative estimate of drug-likeness (QED) is 0.719. The Hall–Kier alpha value is -1.28. The number of allylic oxidation sites excluding steroid dienone is 1. The van der Waals surface area contributed by atoms with Crippen LogP contribution >= 0.6 is 11.6 Å². The van der Waals surface area contributed by atoms with Crippen molar-refractivity contribution in [3.63, 3.8) is 0 Å². The summed E-state index contributed by atoms with van der Waals surface area (Å²) in [4.78, 5) is 0. The second kappa shape index (κ2) is 4.30. The van der Waals surface area contributed by atoms with Gasteiger partial charge in [-0.1, -0.05) is 18.5 Å². The first-order valence-electron chi connectivity index (χ1n) is 5.16. The molecule has 0 aliphatic heterocycles. The van der Waals surface area contributed by atoms with E-state index in [0.717, 1.165) is 17.4 Å². The van der Waals surface area contributed by atoms with Gasteiger partial charge < -0.3 is 4.42 Å². The fraction of sp³-hybridized carbons (Fsp3) is 0.231. The number of aryl methyl sites for hydroxylation is 1. The number of benzene rings is 1. The summed E-state index contributed by atoms with van der Waals surface area (Å²) in [5.41, 5.74) is 1.72. The highest BCUT2D eigenvalue weighted by molar-refractivity contribution is 6.31. The van der Waals surface area contributed by atoms with Gasteiger partial charge in [0, 0.05) is 28.1 Å². The molecule has 1 heterocycles. The van der Waals surface area contributed by atoms with Crippen LogP contribution in [0.25, 0.3) is 17.0 Å². The van der Waals surface area contributed by atoms with Crippen molar-refractivity contribution in [3.05, 3.63) is 40.4 Å². The SMILES string of the molecule is CCc1c(/C=C(\C)F)oc2cc(Cl)ccc12. The first-order chi connectivity index (χ1) is 7.61. The molecule has 2 aromatic rings. The predicted molar refractivity (Wildman–Crippen MR) is 65.4 cm³/mol. The van der Waals surface area contributed by atoms with Gasteiger partial charge in [-0.2, -0.15) is 0 Å². The second-order valence-corrected chi connectivity index (χ2v) is 4.11. The monoisotopic (exact) mass is 238 g/mol. The number of furan rings is 1. The van der Waals surface area contributed by atoms with E-state index >= 15 is 0 Å². The number of halogens is 2. The molecule has 0 fully saturated rings. The van der Waals surface area contributed by atoms with Crippen LogP contribution in [0, 0.1) is 0 Å². The summed E-state index contributed by atoms with van der Waals surface area (Å²) in [6.45, 7) is 3.42. The highest BCUT2D eigenvalue weighted by atomic mass is 35.5. The van der Waals surface area contributed by atoms with Gasteiger partial charge in [-0.05, 0) is 25.5 Å². The summed E-state index contributed by atoms with van der Waals surface area (Å²) in [7, 11) is 0. The fourth-order valence-corrected chi connectivity index (χ4v) is 1.97. The smallest absolute Gasteiger partial charge is 0.136 e. The molecular weight excluding hydrogens is 227 g/mol. The van der Waals surface area contributed by atoms with E-state index in [1.807, 2.05) is 19.1 Å². The highest BCUT2D eigenvalue weighted by Crippen LogP contribution is 2.30. The van der Waals surface area contributed by atoms with Crippen LogP contribution in [0.2, 0.25) is 5.02 Å². The molecule has 0 radical (unpaired) electrons. The molecule has 0 saturated carbocycles. The van der Waals surface area contributed by atoms with Gasteiger partial charge in [0.2, 0.25) is 0 Å². The van der Waals surface area contributed by atoms with Gasteiger partial charge in [-0.15, -0.1) is 0 Å². The zero-order chi connectivity index (χ0) is 11.7. The molecule has 3 heteroatoms. The summed E-state index contributed by atoms with van der Waals surface area (Å²) in [5.74, 6) is 0.319. The molecule has 1 aromatic carbocycles. The van der Waals surface area contributed by atoms with Crippen LogP contribution < -0.4 is 0 Å². The van der Waals surface area contributed by atoms with Gasteiger partial charge in [0.05, 0.1) is 0 Å². The number of rotatable bonds is 2. The van der Waals surface area contributed by atoms with E-state index in [9.17, 15) is 4.39 Å². The van der Waals surface area contributed by atoms with Gasteiger partial charge in [0.25, 0.3) is 0 Å². The van der Waals surface area contributed by atoms with Crippen molar-refractivity contribution in [2.45, 2.75) is 20.3 Å². The van der Waals surface area contributed by atoms with Gasteiger partial charge >= 0.3 is 0 Å². The van der Waals surface area contributed by atoms with Crippen LogP contribution in [0.15, 0.2) is 28.4 Å². The lowest BCUT2D eigenvalue weighted by molar-refractivity contribution is 0.590. The highest BCUT2D eigenvalue weighted by Gasteiger charge is 2.11. The molecule has 1 aromatic heterocycles. The second-order valence-electron chi connectivity index (χ2n) is 3.67. The van der Waals surface area contributed by atoms with E-state index in [1.165, 1.54) is 13.0 Å². The van der Waals surface area contributed by atoms with Crippen LogP contribution in [0.4, 0.5) is 4.39 Å². The van der Waals surface area contributed by atoms with E-state index in [-0.39, 0.29) is 5.83 Å². The Bertz CT molecular complexity index is 550. The van der Waals surface area contributed by atoms with Crippen molar-refractivity contribution in [2.24, 2.45) is 0 Å². The van der Waals surface area contributed by atoms with Crippen molar-refractivity contribution in [2.75, 3.05) is 0 Å². The lowest BCUT2D eigenvalue weighted by Gasteiger charge is -1.94. The third kappa shape index (κ3) is 1.98. The van der Waals surface area contributed by atoms with Gasteiger partial charge in [0.15, 0.2) is 0 Å². The van der Waals surface area contributed by atoms with E-state index in [2.05, 4.69) is 0 Å². The van der Waals surface area contributed by atoms with Crippen molar-refractivity contribution < 1.29 is 8.81 Å². The molecular formula is C13H12ClFO. The minimum absolute atomic E-state index is 0.264. The minimum Gasteiger partial charge on any atom is -0.456 e. The Morgan fingerprint density at radius 1 is 1.50 bits per heavy atom. The zero-order valence-electron chi connectivity index (χ0n) is 9.18. The van der Waals surface area contributed by atoms with Crippen molar-refractivity contribution in [1.29, 1.82) is 0 Å². The summed E-state index contributed by atoms with van der Waals surface area (Å²) < 4.78 is 18.5. The maximum Gasteiger partial charge on any atom is 0.136 e. The normalized spacial score (nSPS) is 12.4. The minimum atomic E-state index is -0.264. The van der Waals surface area contributed by atoms with Gasteiger partial charge in [-0.25, -0.2) is 4.39 Å². The van der Waals surface area contributed by atoms with Gasteiger partial charge in [0.1, 0.15) is 17.2 Å². The van der Waals surface area contributed by atoms with Crippen LogP contribution in [0.3, 0.4) is 0 Å². The molecule has 2 rings (SSSR count). The molecule has 0 N–H and O–H groups in total. The lowest BCUT2D eigenvalue weighted by atomic mass is 10.1. The van der Waals surface area contributed by atoms with Crippen LogP contribution in [0.5, 0.6) is 0 Å². The van der Waals surface area contributed by atoms with Crippen LogP contribution in [-0.2, 0) is 6.42 Å². The number of fused-ring (bicyclic) bond motifs is 1. The topological polar surface area (TPSA) is 13.1 Å². The van der Waals surface area contributed by atoms with Crippen molar-refractivity contribution >= 4 is 28.6 Å². The fourth-order valence-electron chi connectivity index (χ4n) is 1.80. The van der Waals surface area contributed by atoms with Crippen LogP contribution in [0.1, 0.15) is 25.2 Å². The summed E-state index contributed by atoms with van der Waals surface area (Å²) in [6.07, 6.45) is 2.21. The van der Waals surface area contributed by atoms with E-state index in [1.54, 1.807) is 6.07 Å². The average Bonchev–Trinajstić information content (AvgIpc) is 2.52. The zero-order valence-corrected chi connectivity index (χ0v) is 9.94. The first-order valence-corrected chi connectivity index (χ1v) is 5.54. The van der Waals surface area contributed by atoms with Gasteiger partial charge in [-0.3, -0.25) is 0 Å². The van der Waals surface area contributed by atoms with E-state index in [4.69, 9.17) is 16.0 Å². The Kier molecular flexibility index (Phi) is 3.01. The first kappa shape index (κ1) is 11.2. The van der Waals surface area contributed by atoms with E-state index < -0.39 is 0 Å². The maximum atomic E-state index is 12.9. The molecule has 0 spiro atoms. The van der Waals surface area contributed by atoms with Crippen molar-refractivity contribution in [1.82, 2.24) is 0 Å². The Morgan fingerprint density at radius 3 is 2.88 bits per heavy atom. The molecule has 0 saturated heterocycles. The maximum absolute atomic E-state index is 12.9. The average molecular weight is 239 g/mol. The molecule has 0 atom stereocenters. The Balaban J connectivity index is 2.70. The number of hydrogen-bond acceptors (Lipinski definition) is 1. The van der Waals surface area contributed by atoms with Crippen molar-refractivity contribution in [3.8, 4) is 0 Å². The lowest BCUT2D eigenvalue weighted by Crippen LogP contribution is -1.80. The molecule has 84 valence electrons. The molecule has 0 amide bonds. The predicted octanol–water partition coefficient (Wildman–Crippen LogP) is 4.98. The number of hydrogen-bond donors (Lipinski definition) is 0. The summed E-state index contributed by atoms with van der Waals surface area (Å²) >= 11 is 5.88. The molecule has 0 unspecified atom stereocenters. The molecule has 16 heavy (non-hydrogen) atoms.